The van der Waals surface area contributed by atoms with Crippen molar-refractivity contribution in [1.29, 1.82) is 0 Å². The highest BCUT2D eigenvalue weighted by Gasteiger charge is 2.13. The lowest BCUT2D eigenvalue weighted by molar-refractivity contribution is -0.116. The van der Waals surface area contributed by atoms with Gasteiger partial charge in [-0.25, -0.2) is 0 Å². The van der Waals surface area contributed by atoms with Crippen LogP contribution in [0.2, 0.25) is 0 Å². The number of carbonyl (C=O) groups excluding carboxylic acids is 2. The Kier molecular flexibility index (Phi) is 5.83. The molecular weight excluding hydrogens is 360 g/mol. The minimum absolute atomic E-state index is 0.173. The molecule has 0 aliphatic rings. The summed E-state index contributed by atoms with van der Waals surface area (Å²) in [6.45, 7) is 1.80. The number of anilines is 1. The Hall–Kier alpha value is -3.19. The van der Waals surface area contributed by atoms with E-state index in [9.17, 15) is 9.59 Å². The van der Waals surface area contributed by atoms with E-state index in [1.54, 1.807) is 37.4 Å². The van der Waals surface area contributed by atoms with E-state index in [1.807, 2.05) is 41.1 Å². The third-order valence-electron chi connectivity index (χ3n) is 3.96. The zero-order valence-corrected chi connectivity index (χ0v) is 15.6. The Morgan fingerprint density at radius 3 is 2.63 bits per heavy atom. The topological polar surface area (TPSA) is 78.9 Å². The number of hydrogen-bond donors (Lipinski definition) is 3. The van der Waals surface area contributed by atoms with Crippen molar-refractivity contribution in [2.75, 3.05) is 5.32 Å². The second-order valence-corrected chi connectivity index (χ2v) is 6.57. The summed E-state index contributed by atoms with van der Waals surface area (Å²) >= 11 is 5.22. The smallest absolute Gasteiger partial charge is 0.251 e. The molecule has 6 nitrogen and oxygen atoms in total. The molecule has 2 amide bonds. The molecule has 7 heteroatoms. The molecule has 0 bridgehead atoms. The van der Waals surface area contributed by atoms with Gasteiger partial charge >= 0.3 is 0 Å². The lowest BCUT2D eigenvalue weighted by Gasteiger charge is -2.14. The molecule has 0 spiro atoms. The monoisotopic (exact) mass is 380 g/mol. The Bertz CT molecular complexity index is 994. The van der Waals surface area contributed by atoms with E-state index in [4.69, 9.17) is 12.2 Å². The summed E-state index contributed by atoms with van der Waals surface area (Å²) in [4.78, 5) is 27.4. The van der Waals surface area contributed by atoms with E-state index in [0.717, 1.165) is 5.69 Å². The highest BCUT2D eigenvalue weighted by atomic mass is 32.1. The largest absolute Gasteiger partial charge is 0.349 e. The third-order valence-corrected chi connectivity index (χ3v) is 4.28. The van der Waals surface area contributed by atoms with Crippen LogP contribution in [0, 0.1) is 4.77 Å². The number of carbonyl (C=O) groups is 2. The van der Waals surface area contributed by atoms with Crippen LogP contribution in [0.5, 0.6) is 0 Å². The molecule has 0 aliphatic carbocycles. The van der Waals surface area contributed by atoms with Crippen molar-refractivity contribution in [2.24, 2.45) is 0 Å². The van der Waals surface area contributed by atoms with E-state index in [0.29, 0.717) is 16.0 Å². The summed E-state index contributed by atoms with van der Waals surface area (Å²) in [6, 6.07) is 16.0. The lowest BCUT2D eigenvalue weighted by atomic mass is 10.1. The number of nitrogens with one attached hydrogen (secondary N) is 3. The molecule has 0 radical (unpaired) electrons. The number of imidazole rings is 1. The number of aromatic nitrogens is 2. The van der Waals surface area contributed by atoms with E-state index in [2.05, 4.69) is 15.6 Å². The van der Waals surface area contributed by atoms with E-state index in [1.165, 1.54) is 0 Å². The molecule has 3 aromatic rings. The van der Waals surface area contributed by atoms with E-state index < -0.39 is 0 Å². The average Bonchev–Trinajstić information content (AvgIpc) is 3.08. The highest BCUT2D eigenvalue weighted by Crippen LogP contribution is 2.15. The van der Waals surface area contributed by atoms with Crippen molar-refractivity contribution in [2.45, 2.75) is 19.4 Å². The van der Waals surface area contributed by atoms with Crippen LogP contribution in [0.4, 0.5) is 5.69 Å². The number of H-pyrrole nitrogens is 1. The van der Waals surface area contributed by atoms with Gasteiger partial charge in [-0.1, -0.05) is 24.3 Å². The average molecular weight is 380 g/mol. The fraction of sp³-hybridized carbons (Fsp3) is 0.150. The molecule has 27 heavy (non-hydrogen) atoms. The predicted octanol–water partition coefficient (Wildman–Crippen LogP) is 3.68. The number of hydrogen-bond acceptors (Lipinski definition) is 3. The van der Waals surface area contributed by atoms with Crippen molar-refractivity contribution in [3.05, 3.63) is 77.3 Å². The van der Waals surface area contributed by atoms with Gasteiger partial charge in [0.25, 0.3) is 5.91 Å². The molecule has 3 N–H and O–H groups in total. The predicted molar refractivity (Wildman–Crippen MR) is 108 cm³/mol. The van der Waals surface area contributed by atoms with Crippen LogP contribution in [0.3, 0.4) is 0 Å². The molecule has 2 aromatic carbocycles. The van der Waals surface area contributed by atoms with Gasteiger partial charge in [-0.15, -0.1) is 0 Å². The molecular formula is C20H20N4O2S. The molecule has 1 aromatic heterocycles. The molecule has 1 atom stereocenters. The normalized spacial score (nSPS) is 11.6. The maximum absolute atomic E-state index is 12.3. The molecule has 1 unspecified atom stereocenters. The SMILES string of the molecule is CC(CC(=O)Nc1cccc(-n2cc[nH]c2=S)c1)NC(=O)c1ccccc1. The summed E-state index contributed by atoms with van der Waals surface area (Å²) in [5.41, 5.74) is 2.09. The summed E-state index contributed by atoms with van der Waals surface area (Å²) in [7, 11) is 0. The second-order valence-electron chi connectivity index (χ2n) is 6.18. The van der Waals surface area contributed by atoms with Gasteiger partial charge in [0.15, 0.2) is 4.77 Å². The summed E-state index contributed by atoms with van der Waals surface area (Å²) in [5.74, 6) is -0.370. The number of rotatable bonds is 6. The van der Waals surface area contributed by atoms with Crippen LogP contribution in [-0.2, 0) is 4.79 Å². The minimum Gasteiger partial charge on any atom is -0.349 e. The molecule has 0 saturated heterocycles. The third kappa shape index (κ3) is 4.92. The van der Waals surface area contributed by atoms with Gasteiger partial charge in [0.2, 0.25) is 5.91 Å². The Balaban J connectivity index is 1.58. The number of nitrogens with zero attached hydrogens (tertiary/aromatic N) is 1. The Morgan fingerprint density at radius 2 is 1.93 bits per heavy atom. The van der Waals surface area contributed by atoms with E-state index >= 15 is 0 Å². The molecule has 0 aliphatic heterocycles. The van der Waals surface area contributed by atoms with E-state index in [-0.39, 0.29) is 24.3 Å². The van der Waals surface area contributed by atoms with Crippen LogP contribution in [0.1, 0.15) is 23.7 Å². The summed E-state index contributed by atoms with van der Waals surface area (Å²) < 4.78 is 2.39. The van der Waals surface area contributed by atoms with Crippen molar-refractivity contribution < 1.29 is 9.59 Å². The van der Waals surface area contributed by atoms with Crippen LogP contribution in [0.15, 0.2) is 67.0 Å². The van der Waals surface area contributed by atoms with Crippen LogP contribution >= 0.6 is 12.2 Å². The Labute approximate surface area is 162 Å². The summed E-state index contributed by atoms with van der Waals surface area (Å²) in [6.07, 6.45) is 3.75. The molecule has 1 heterocycles. The van der Waals surface area contributed by atoms with Crippen molar-refractivity contribution in [1.82, 2.24) is 14.9 Å². The maximum atomic E-state index is 12.3. The number of amides is 2. The van der Waals surface area contributed by atoms with Gasteiger partial charge in [0.05, 0.1) is 0 Å². The zero-order valence-electron chi connectivity index (χ0n) is 14.8. The number of aromatic amines is 1. The Morgan fingerprint density at radius 1 is 1.15 bits per heavy atom. The van der Waals surface area contributed by atoms with Crippen LogP contribution < -0.4 is 10.6 Å². The van der Waals surface area contributed by atoms with Gasteiger partial charge in [-0.2, -0.15) is 0 Å². The first-order chi connectivity index (χ1) is 13.0. The van der Waals surface area contributed by atoms with Gasteiger partial charge in [0, 0.05) is 41.8 Å². The molecule has 0 saturated carbocycles. The summed E-state index contributed by atoms with van der Waals surface area (Å²) in [5, 5.41) is 5.69. The fourth-order valence-corrected chi connectivity index (χ4v) is 2.93. The first-order valence-electron chi connectivity index (χ1n) is 8.55. The standard InChI is InChI=1S/C20H20N4O2S/c1-14(22-19(26)15-6-3-2-4-7-15)12-18(25)23-16-8-5-9-17(13-16)24-11-10-21-20(24)27/h2-11,13-14H,12H2,1H3,(H,21,27)(H,22,26)(H,23,25). The van der Waals surface area contributed by atoms with Gasteiger partial charge in [-0.05, 0) is 49.5 Å². The van der Waals surface area contributed by atoms with Crippen molar-refractivity contribution in [3.8, 4) is 5.69 Å². The van der Waals surface area contributed by atoms with Gasteiger partial charge in [0.1, 0.15) is 0 Å². The number of benzene rings is 2. The van der Waals surface area contributed by atoms with Crippen molar-refractivity contribution in [3.63, 3.8) is 0 Å². The van der Waals surface area contributed by atoms with Crippen molar-refractivity contribution >= 4 is 29.7 Å². The first kappa shape index (κ1) is 18.6. The quantitative estimate of drug-likeness (QED) is 0.571. The minimum atomic E-state index is -0.292. The van der Waals surface area contributed by atoms with Crippen LogP contribution in [0.25, 0.3) is 5.69 Å². The second kappa shape index (κ2) is 8.46. The molecule has 3 rings (SSSR count). The molecule has 0 fully saturated rings. The van der Waals surface area contributed by atoms with Gasteiger partial charge < -0.3 is 15.6 Å². The van der Waals surface area contributed by atoms with Gasteiger partial charge in [-0.3, -0.25) is 14.2 Å². The highest BCUT2D eigenvalue weighted by molar-refractivity contribution is 7.71. The zero-order chi connectivity index (χ0) is 19.2. The molecule has 138 valence electrons. The lowest BCUT2D eigenvalue weighted by Crippen LogP contribution is -2.35. The fourth-order valence-electron chi connectivity index (χ4n) is 2.69. The first-order valence-corrected chi connectivity index (χ1v) is 8.96. The maximum Gasteiger partial charge on any atom is 0.251 e. The van der Waals surface area contributed by atoms with Crippen LogP contribution in [-0.4, -0.2) is 27.4 Å².